The van der Waals surface area contributed by atoms with Gasteiger partial charge in [0.1, 0.15) is 0 Å². The van der Waals surface area contributed by atoms with Crippen LogP contribution in [0.4, 0.5) is 0 Å². The second-order valence-corrected chi connectivity index (χ2v) is 6.81. The van der Waals surface area contributed by atoms with E-state index in [1.54, 1.807) is 18.2 Å². The van der Waals surface area contributed by atoms with Crippen molar-refractivity contribution in [3.05, 3.63) is 70.8 Å². The van der Waals surface area contributed by atoms with Crippen LogP contribution in [0.15, 0.2) is 48.5 Å². The highest BCUT2D eigenvalue weighted by molar-refractivity contribution is 6.00. The van der Waals surface area contributed by atoms with Gasteiger partial charge in [0.15, 0.2) is 0 Å². The minimum absolute atomic E-state index is 0.00607. The summed E-state index contributed by atoms with van der Waals surface area (Å²) in [4.78, 5) is 35.8. The van der Waals surface area contributed by atoms with E-state index < -0.39 is 17.8 Å². The van der Waals surface area contributed by atoms with Crippen molar-refractivity contribution in [3.8, 4) is 0 Å². The number of rotatable bonds is 3. The highest BCUT2D eigenvalue weighted by Gasteiger charge is 2.15. The summed E-state index contributed by atoms with van der Waals surface area (Å²) in [5.74, 6) is -1.50. The van der Waals surface area contributed by atoms with Crippen LogP contribution < -0.4 is 10.9 Å². The normalized spacial score (nSPS) is 10.8. The van der Waals surface area contributed by atoms with Gasteiger partial charge in [0.2, 0.25) is 0 Å². The van der Waals surface area contributed by atoms with Gasteiger partial charge < -0.3 is 4.74 Å². The summed E-state index contributed by atoms with van der Waals surface area (Å²) in [7, 11) is 1.26. The molecule has 0 aliphatic heterocycles. The van der Waals surface area contributed by atoms with Crippen LogP contribution in [-0.2, 0) is 10.2 Å². The molecule has 0 fully saturated rings. The summed E-state index contributed by atoms with van der Waals surface area (Å²) in [6.45, 7) is 6.26. The number of hydrogen-bond acceptors (Lipinski definition) is 4. The van der Waals surface area contributed by atoms with Gasteiger partial charge in [-0.05, 0) is 41.3 Å². The predicted octanol–water partition coefficient (Wildman–Crippen LogP) is 2.85. The molecule has 2 amide bonds. The van der Waals surface area contributed by atoms with E-state index in [9.17, 15) is 14.4 Å². The van der Waals surface area contributed by atoms with Crippen LogP contribution in [-0.4, -0.2) is 24.9 Å². The summed E-state index contributed by atoms with van der Waals surface area (Å²) in [5, 5.41) is 0. The van der Waals surface area contributed by atoms with Crippen molar-refractivity contribution in [2.75, 3.05) is 7.11 Å². The van der Waals surface area contributed by atoms with Gasteiger partial charge in [-0.1, -0.05) is 39.0 Å². The average molecular weight is 354 g/mol. The van der Waals surface area contributed by atoms with Crippen LogP contribution >= 0.6 is 0 Å². The van der Waals surface area contributed by atoms with Crippen molar-refractivity contribution in [3.63, 3.8) is 0 Å². The molecule has 136 valence electrons. The lowest BCUT2D eigenvalue weighted by Gasteiger charge is -2.19. The Labute approximate surface area is 152 Å². The van der Waals surface area contributed by atoms with E-state index in [0.717, 1.165) is 5.56 Å². The number of benzene rings is 2. The summed E-state index contributed by atoms with van der Waals surface area (Å²) in [5.41, 5.74) is 6.72. The number of methoxy groups -OCH3 is 1. The first-order valence-corrected chi connectivity index (χ1v) is 8.12. The number of nitrogens with one attached hydrogen (secondary N) is 2. The Hall–Kier alpha value is -3.15. The predicted molar refractivity (Wildman–Crippen MR) is 97.9 cm³/mol. The molecule has 2 aromatic carbocycles. The molecule has 26 heavy (non-hydrogen) atoms. The first-order valence-electron chi connectivity index (χ1n) is 8.12. The fourth-order valence-electron chi connectivity index (χ4n) is 2.28. The minimum atomic E-state index is -0.539. The van der Waals surface area contributed by atoms with Crippen LogP contribution in [0.3, 0.4) is 0 Å². The SMILES string of the molecule is COC(=O)c1cccc(C(=O)NNC(=O)c2ccc(C(C)(C)C)cc2)c1. The van der Waals surface area contributed by atoms with Crippen molar-refractivity contribution in [2.24, 2.45) is 0 Å². The van der Waals surface area contributed by atoms with Gasteiger partial charge in [-0.25, -0.2) is 4.79 Å². The Bertz CT molecular complexity index is 820. The molecule has 0 saturated heterocycles. The summed E-state index contributed by atoms with van der Waals surface area (Å²) in [6.07, 6.45) is 0. The Balaban J connectivity index is 2.01. The first kappa shape index (κ1) is 19.2. The molecule has 0 unspecified atom stereocenters. The monoisotopic (exact) mass is 354 g/mol. The average Bonchev–Trinajstić information content (AvgIpc) is 2.64. The second kappa shape index (κ2) is 7.82. The molecule has 0 atom stereocenters. The lowest BCUT2D eigenvalue weighted by atomic mass is 9.87. The van der Waals surface area contributed by atoms with E-state index in [-0.39, 0.29) is 16.5 Å². The lowest BCUT2D eigenvalue weighted by molar-refractivity contribution is 0.0600. The molecule has 6 heteroatoms. The van der Waals surface area contributed by atoms with E-state index in [1.807, 2.05) is 12.1 Å². The number of esters is 1. The Morgan fingerprint density at radius 1 is 0.808 bits per heavy atom. The number of amides is 2. The van der Waals surface area contributed by atoms with Gasteiger partial charge >= 0.3 is 5.97 Å². The van der Waals surface area contributed by atoms with Crippen molar-refractivity contribution in [1.29, 1.82) is 0 Å². The minimum Gasteiger partial charge on any atom is -0.465 e. The molecule has 2 aromatic rings. The molecule has 0 spiro atoms. The molecule has 0 bridgehead atoms. The van der Waals surface area contributed by atoms with Crippen molar-refractivity contribution < 1.29 is 19.1 Å². The molecule has 0 aliphatic carbocycles. The van der Waals surface area contributed by atoms with Gasteiger partial charge in [0.25, 0.3) is 11.8 Å². The molecule has 0 aliphatic rings. The highest BCUT2D eigenvalue weighted by Crippen LogP contribution is 2.22. The fourth-order valence-corrected chi connectivity index (χ4v) is 2.28. The van der Waals surface area contributed by atoms with Crippen molar-refractivity contribution >= 4 is 17.8 Å². The van der Waals surface area contributed by atoms with Crippen LogP contribution in [0.5, 0.6) is 0 Å². The van der Waals surface area contributed by atoms with E-state index in [1.165, 1.54) is 25.3 Å². The second-order valence-electron chi connectivity index (χ2n) is 6.81. The van der Waals surface area contributed by atoms with Gasteiger partial charge in [-0.2, -0.15) is 0 Å². The lowest BCUT2D eigenvalue weighted by Crippen LogP contribution is -2.41. The van der Waals surface area contributed by atoms with Gasteiger partial charge in [-0.15, -0.1) is 0 Å². The number of hydrogen-bond donors (Lipinski definition) is 2. The van der Waals surface area contributed by atoms with Crippen LogP contribution in [0.2, 0.25) is 0 Å². The van der Waals surface area contributed by atoms with Gasteiger partial charge in [0.05, 0.1) is 12.7 Å². The molecule has 6 nitrogen and oxygen atoms in total. The van der Waals surface area contributed by atoms with E-state index in [4.69, 9.17) is 0 Å². The highest BCUT2D eigenvalue weighted by atomic mass is 16.5. The molecule has 0 radical (unpaired) electrons. The maximum absolute atomic E-state index is 12.2. The molecule has 0 saturated carbocycles. The van der Waals surface area contributed by atoms with Crippen molar-refractivity contribution in [2.45, 2.75) is 26.2 Å². The van der Waals surface area contributed by atoms with Crippen LogP contribution in [0.1, 0.15) is 57.4 Å². The number of hydrazine groups is 1. The zero-order valence-electron chi connectivity index (χ0n) is 15.3. The smallest absolute Gasteiger partial charge is 0.337 e. The third-order valence-corrected chi connectivity index (χ3v) is 3.85. The molecular weight excluding hydrogens is 332 g/mol. The standard InChI is InChI=1S/C20H22N2O4/c1-20(2,3)16-10-8-13(9-11-16)17(23)21-22-18(24)14-6-5-7-15(12-14)19(25)26-4/h5-12H,1-4H3,(H,21,23)(H,22,24). The third-order valence-electron chi connectivity index (χ3n) is 3.85. The van der Waals surface area contributed by atoms with E-state index in [2.05, 4.69) is 36.4 Å². The fraction of sp³-hybridized carbons (Fsp3) is 0.250. The van der Waals surface area contributed by atoms with Crippen LogP contribution in [0.25, 0.3) is 0 Å². The van der Waals surface area contributed by atoms with Crippen molar-refractivity contribution in [1.82, 2.24) is 10.9 Å². The zero-order valence-corrected chi connectivity index (χ0v) is 15.3. The van der Waals surface area contributed by atoms with Crippen LogP contribution in [0, 0.1) is 0 Å². The largest absolute Gasteiger partial charge is 0.465 e. The van der Waals surface area contributed by atoms with E-state index >= 15 is 0 Å². The maximum atomic E-state index is 12.2. The molecule has 2 N–H and O–H groups in total. The summed E-state index contributed by atoms with van der Waals surface area (Å²) >= 11 is 0. The number of ether oxygens (including phenoxy) is 1. The number of carbonyl (C=O) groups excluding carboxylic acids is 3. The van der Waals surface area contributed by atoms with Gasteiger partial charge in [0, 0.05) is 11.1 Å². The Morgan fingerprint density at radius 2 is 1.35 bits per heavy atom. The summed E-state index contributed by atoms with van der Waals surface area (Å²) < 4.78 is 4.62. The topological polar surface area (TPSA) is 84.5 Å². The molecule has 0 heterocycles. The zero-order chi connectivity index (χ0) is 19.3. The molecule has 2 rings (SSSR count). The summed E-state index contributed by atoms with van der Waals surface area (Å²) in [6, 6.07) is 13.2. The maximum Gasteiger partial charge on any atom is 0.337 e. The Morgan fingerprint density at radius 3 is 1.88 bits per heavy atom. The number of carbonyl (C=O) groups is 3. The van der Waals surface area contributed by atoms with E-state index in [0.29, 0.717) is 5.56 Å². The molecule has 0 aromatic heterocycles. The molecular formula is C20H22N2O4. The quantitative estimate of drug-likeness (QED) is 0.656. The Kier molecular flexibility index (Phi) is 5.77. The third kappa shape index (κ3) is 4.69. The van der Waals surface area contributed by atoms with Gasteiger partial charge in [-0.3, -0.25) is 20.4 Å². The first-order chi connectivity index (χ1) is 12.2.